The molecule has 0 heterocycles. The standard InChI is InChI=1S/C34H36BrN3O5S/c1-3-21-36-34(40)32(22-26-11-6-4-7-12-26)37(24-27-17-19-28(35)20-18-27)33(39)25-38(29-13-10-14-30(23-29)43-2)44(41,42)31-15-8-5-9-16-31/h4-20,23,32H,3,21-22,24-25H2,1-2H3,(H,36,40). The first-order valence-corrected chi connectivity index (χ1v) is 16.5. The molecule has 44 heavy (non-hydrogen) atoms. The summed E-state index contributed by atoms with van der Waals surface area (Å²) >= 11 is 3.45. The van der Waals surface area contributed by atoms with Gasteiger partial charge in [0.25, 0.3) is 10.0 Å². The Morgan fingerprint density at radius 3 is 2.16 bits per heavy atom. The Bertz CT molecular complexity index is 1630. The van der Waals surface area contributed by atoms with Gasteiger partial charge in [-0.15, -0.1) is 0 Å². The highest BCUT2D eigenvalue weighted by atomic mass is 79.9. The van der Waals surface area contributed by atoms with Gasteiger partial charge in [-0.05, 0) is 53.9 Å². The molecular formula is C34H36BrN3O5S. The molecule has 2 amide bonds. The van der Waals surface area contributed by atoms with E-state index in [1.165, 1.54) is 24.1 Å². The van der Waals surface area contributed by atoms with Crippen LogP contribution in [-0.4, -0.2) is 51.4 Å². The van der Waals surface area contributed by atoms with Gasteiger partial charge in [0.05, 0.1) is 17.7 Å². The Kier molecular flexibility index (Phi) is 11.6. The normalized spacial score (nSPS) is 11.8. The highest BCUT2D eigenvalue weighted by Crippen LogP contribution is 2.28. The number of anilines is 1. The number of carbonyl (C=O) groups excluding carboxylic acids is 2. The van der Waals surface area contributed by atoms with Crippen LogP contribution in [0.1, 0.15) is 24.5 Å². The van der Waals surface area contributed by atoms with Crippen molar-refractivity contribution < 1.29 is 22.7 Å². The number of carbonyl (C=O) groups is 2. The second kappa shape index (κ2) is 15.5. The number of rotatable bonds is 14. The molecule has 1 N–H and O–H groups in total. The molecule has 4 aromatic rings. The summed E-state index contributed by atoms with van der Waals surface area (Å²) in [5.41, 5.74) is 1.93. The number of hydrogen-bond acceptors (Lipinski definition) is 5. The average Bonchev–Trinajstić information content (AvgIpc) is 3.05. The van der Waals surface area contributed by atoms with E-state index in [2.05, 4.69) is 21.2 Å². The molecule has 0 radical (unpaired) electrons. The first-order chi connectivity index (χ1) is 21.2. The maximum absolute atomic E-state index is 14.4. The van der Waals surface area contributed by atoms with Crippen molar-refractivity contribution >= 4 is 43.5 Å². The van der Waals surface area contributed by atoms with Crippen LogP contribution in [0.15, 0.2) is 119 Å². The number of methoxy groups -OCH3 is 1. The first kappa shape index (κ1) is 32.8. The third-order valence-corrected chi connectivity index (χ3v) is 9.35. The predicted octanol–water partition coefficient (Wildman–Crippen LogP) is 5.82. The van der Waals surface area contributed by atoms with Crippen molar-refractivity contribution in [3.05, 3.63) is 125 Å². The van der Waals surface area contributed by atoms with Gasteiger partial charge in [-0.3, -0.25) is 13.9 Å². The molecule has 8 nitrogen and oxygen atoms in total. The van der Waals surface area contributed by atoms with Crippen LogP contribution in [0.5, 0.6) is 5.75 Å². The Hall–Kier alpha value is -4.15. The minimum atomic E-state index is -4.18. The smallest absolute Gasteiger partial charge is 0.264 e. The molecule has 1 atom stereocenters. The summed E-state index contributed by atoms with van der Waals surface area (Å²) in [6.45, 7) is 1.97. The van der Waals surface area contributed by atoms with Gasteiger partial charge >= 0.3 is 0 Å². The van der Waals surface area contributed by atoms with E-state index in [4.69, 9.17) is 4.74 Å². The van der Waals surface area contributed by atoms with Crippen LogP contribution in [0.3, 0.4) is 0 Å². The highest BCUT2D eigenvalue weighted by molar-refractivity contribution is 9.10. The molecule has 0 fully saturated rings. The number of nitrogens with one attached hydrogen (secondary N) is 1. The minimum absolute atomic E-state index is 0.0385. The Morgan fingerprint density at radius 2 is 1.52 bits per heavy atom. The second-order valence-corrected chi connectivity index (χ2v) is 12.9. The van der Waals surface area contributed by atoms with Crippen LogP contribution >= 0.6 is 15.9 Å². The van der Waals surface area contributed by atoms with E-state index < -0.39 is 28.5 Å². The van der Waals surface area contributed by atoms with Crippen molar-refractivity contribution in [3.8, 4) is 5.75 Å². The number of hydrogen-bond donors (Lipinski definition) is 1. The van der Waals surface area contributed by atoms with Crippen molar-refractivity contribution in [2.75, 3.05) is 24.5 Å². The average molecular weight is 679 g/mol. The molecule has 0 saturated carbocycles. The monoisotopic (exact) mass is 677 g/mol. The highest BCUT2D eigenvalue weighted by Gasteiger charge is 2.34. The summed E-state index contributed by atoms with van der Waals surface area (Å²) in [5.74, 6) is -0.390. The topological polar surface area (TPSA) is 96.0 Å². The van der Waals surface area contributed by atoms with Crippen LogP contribution in [0.25, 0.3) is 0 Å². The summed E-state index contributed by atoms with van der Waals surface area (Å²) in [7, 11) is -2.69. The summed E-state index contributed by atoms with van der Waals surface area (Å²) in [6, 6.07) is 30.6. The zero-order valence-electron chi connectivity index (χ0n) is 24.7. The lowest BCUT2D eigenvalue weighted by molar-refractivity contribution is -0.140. The van der Waals surface area contributed by atoms with E-state index >= 15 is 0 Å². The number of sulfonamides is 1. The lowest BCUT2D eigenvalue weighted by Crippen LogP contribution is -2.53. The fourth-order valence-electron chi connectivity index (χ4n) is 4.72. The van der Waals surface area contributed by atoms with E-state index in [0.717, 1.165) is 26.3 Å². The number of amides is 2. The van der Waals surface area contributed by atoms with Crippen molar-refractivity contribution in [2.45, 2.75) is 37.2 Å². The molecule has 0 spiro atoms. The molecule has 0 aliphatic heterocycles. The SMILES string of the molecule is CCCNC(=O)C(Cc1ccccc1)N(Cc1ccc(Br)cc1)C(=O)CN(c1cccc(OC)c1)S(=O)(=O)c1ccccc1. The fourth-order valence-corrected chi connectivity index (χ4v) is 6.41. The lowest BCUT2D eigenvalue weighted by Gasteiger charge is -2.34. The molecule has 10 heteroatoms. The number of nitrogens with zero attached hydrogens (tertiary/aromatic N) is 2. The lowest BCUT2D eigenvalue weighted by atomic mass is 10.0. The Labute approximate surface area is 267 Å². The van der Waals surface area contributed by atoms with Crippen molar-refractivity contribution in [2.24, 2.45) is 0 Å². The molecule has 0 bridgehead atoms. The molecular weight excluding hydrogens is 642 g/mol. The van der Waals surface area contributed by atoms with Crippen LogP contribution in [0.4, 0.5) is 5.69 Å². The number of halogens is 1. The third kappa shape index (κ3) is 8.48. The summed E-state index contributed by atoms with van der Waals surface area (Å²) < 4.78 is 35.4. The molecule has 0 aliphatic rings. The first-order valence-electron chi connectivity index (χ1n) is 14.3. The van der Waals surface area contributed by atoms with Gasteiger partial charge in [-0.2, -0.15) is 0 Å². The van der Waals surface area contributed by atoms with Crippen LogP contribution in [0.2, 0.25) is 0 Å². The quantitative estimate of drug-likeness (QED) is 0.182. The predicted molar refractivity (Wildman–Crippen MR) is 176 cm³/mol. The second-order valence-electron chi connectivity index (χ2n) is 10.2. The molecule has 4 aromatic carbocycles. The van der Waals surface area contributed by atoms with Gasteiger partial charge in [-0.1, -0.05) is 89.6 Å². The van der Waals surface area contributed by atoms with Gasteiger partial charge in [-0.25, -0.2) is 8.42 Å². The van der Waals surface area contributed by atoms with Gasteiger partial charge in [0.15, 0.2) is 0 Å². The van der Waals surface area contributed by atoms with Gasteiger partial charge in [0.2, 0.25) is 11.8 Å². The van der Waals surface area contributed by atoms with Crippen LogP contribution in [0, 0.1) is 0 Å². The molecule has 0 aliphatic carbocycles. The van der Waals surface area contributed by atoms with Crippen molar-refractivity contribution in [1.29, 1.82) is 0 Å². The summed E-state index contributed by atoms with van der Waals surface area (Å²) in [5, 5.41) is 2.95. The Morgan fingerprint density at radius 1 is 0.864 bits per heavy atom. The summed E-state index contributed by atoms with van der Waals surface area (Å²) in [4.78, 5) is 29.7. The molecule has 1 unspecified atom stereocenters. The van der Waals surface area contributed by atoms with E-state index in [1.807, 2.05) is 61.5 Å². The van der Waals surface area contributed by atoms with Crippen LogP contribution < -0.4 is 14.4 Å². The van der Waals surface area contributed by atoms with E-state index in [1.54, 1.807) is 42.5 Å². The van der Waals surface area contributed by atoms with Gasteiger partial charge in [0, 0.05) is 30.0 Å². The summed E-state index contributed by atoms with van der Waals surface area (Å²) in [6.07, 6.45) is 0.979. The largest absolute Gasteiger partial charge is 0.497 e. The molecule has 0 saturated heterocycles. The van der Waals surface area contributed by atoms with E-state index in [0.29, 0.717) is 12.3 Å². The fraction of sp³-hybridized carbons (Fsp3) is 0.235. The molecule has 230 valence electrons. The van der Waals surface area contributed by atoms with E-state index in [-0.39, 0.29) is 29.5 Å². The maximum Gasteiger partial charge on any atom is 0.264 e. The molecule has 0 aromatic heterocycles. The third-order valence-electron chi connectivity index (χ3n) is 7.04. The minimum Gasteiger partial charge on any atom is -0.497 e. The number of benzene rings is 4. The number of ether oxygens (including phenoxy) is 1. The van der Waals surface area contributed by atoms with Crippen molar-refractivity contribution in [1.82, 2.24) is 10.2 Å². The Balaban J connectivity index is 1.79. The van der Waals surface area contributed by atoms with E-state index in [9.17, 15) is 18.0 Å². The van der Waals surface area contributed by atoms with Crippen LogP contribution in [-0.2, 0) is 32.6 Å². The van der Waals surface area contributed by atoms with Gasteiger partial charge < -0.3 is 15.0 Å². The molecule has 4 rings (SSSR count). The van der Waals surface area contributed by atoms with Crippen molar-refractivity contribution in [3.63, 3.8) is 0 Å². The van der Waals surface area contributed by atoms with Gasteiger partial charge in [0.1, 0.15) is 18.3 Å². The zero-order chi connectivity index (χ0) is 31.5. The zero-order valence-corrected chi connectivity index (χ0v) is 27.1. The maximum atomic E-state index is 14.4.